The summed E-state index contributed by atoms with van der Waals surface area (Å²) in [5.41, 5.74) is 5.80. The highest BCUT2D eigenvalue weighted by atomic mass is 32.2. The Balaban J connectivity index is 3.00. The molecule has 0 aliphatic heterocycles. The van der Waals surface area contributed by atoms with Crippen molar-refractivity contribution in [3.8, 4) is 0 Å². The van der Waals surface area contributed by atoms with Gasteiger partial charge in [0.25, 0.3) is 5.91 Å². The van der Waals surface area contributed by atoms with Crippen molar-refractivity contribution >= 4 is 15.7 Å². The Bertz CT molecular complexity index is 566. The van der Waals surface area contributed by atoms with Gasteiger partial charge in [-0.3, -0.25) is 4.79 Å². The van der Waals surface area contributed by atoms with E-state index >= 15 is 0 Å². The molecule has 0 aliphatic carbocycles. The van der Waals surface area contributed by atoms with E-state index in [9.17, 15) is 13.2 Å². The molecule has 0 spiro atoms. The molecule has 1 unspecified atom stereocenters. The Kier molecular flexibility index (Phi) is 5.71. The van der Waals surface area contributed by atoms with E-state index in [0.29, 0.717) is 13.0 Å². The van der Waals surface area contributed by atoms with Gasteiger partial charge in [0.15, 0.2) is 9.84 Å². The molecule has 0 fully saturated rings. The van der Waals surface area contributed by atoms with E-state index in [1.165, 1.54) is 12.1 Å². The summed E-state index contributed by atoms with van der Waals surface area (Å²) in [5.74, 6) is -0.384. The Morgan fingerprint density at radius 1 is 1.25 bits per heavy atom. The molecule has 0 aliphatic rings. The number of rotatable bonds is 6. The van der Waals surface area contributed by atoms with E-state index in [-0.39, 0.29) is 22.4 Å². The third-order valence-electron chi connectivity index (χ3n) is 2.94. The smallest absolute Gasteiger partial charge is 0.252 e. The summed E-state index contributed by atoms with van der Waals surface area (Å²) in [4.78, 5) is 12.2. The first kappa shape index (κ1) is 16.7. The number of sulfone groups is 1. The lowest BCUT2D eigenvalue weighted by atomic mass is 10.2. The highest BCUT2D eigenvalue weighted by molar-refractivity contribution is 7.92. The lowest BCUT2D eigenvalue weighted by molar-refractivity contribution is 0.0949. The molecular weight excluding hydrogens is 276 g/mol. The van der Waals surface area contributed by atoms with Crippen LogP contribution in [-0.4, -0.2) is 32.2 Å². The molecule has 0 heterocycles. The summed E-state index contributed by atoms with van der Waals surface area (Å²) in [6.45, 7) is 5.47. The molecule has 1 aromatic rings. The summed E-state index contributed by atoms with van der Waals surface area (Å²) in [5, 5.41) is 2.13. The zero-order valence-electron chi connectivity index (χ0n) is 12.1. The number of nitrogens with two attached hydrogens (primary N) is 1. The number of nitrogens with one attached hydrogen (secondary N) is 1. The van der Waals surface area contributed by atoms with Crippen LogP contribution in [0.3, 0.4) is 0 Å². The van der Waals surface area contributed by atoms with Crippen LogP contribution in [0.1, 0.15) is 37.6 Å². The summed E-state index contributed by atoms with van der Waals surface area (Å²) < 4.78 is 24.5. The second-order valence-electron chi connectivity index (χ2n) is 5.11. The van der Waals surface area contributed by atoms with Gasteiger partial charge in [-0.05, 0) is 39.3 Å². The minimum atomic E-state index is -3.48. The molecule has 1 atom stereocenters. The van der Waals surface area contributed by atoms with Gasteiger partial charge >= 0.3 is 0 Å². The van der Waals surface area contributed by atoms with Crippen molar-refractivity contribution in [1.29, 1.82) is 0 Å². The lowest BCUT2D eigenvalue weighted by Gasteiger charge is -2.13. The average Bonchev–Trinajstić information content (AvgIpc) is 2.38. The Labute approximate surface area is 120 Å². The Hall–Kier alpha value is -1.40. The average molecular weight is 298 g/mol. The number of carbonyl (C=O) groups excluding carboxylic acids is 1. The summed E-state index contributed by atoms with van der Waals surface area (Å²) in [6.07, 6.45) is 0.644. The van der Waals surface area contributed by atoms with Gasteiger partial charge in [0.05, 0.1) is 15.7 Å². The van der Waals surface area contributed by atoms with Crippen LogP contribution >= 0.6 is 0 Å². The summed E-state index contributed by atoms with van der Waals surface area (Å²) in [6, 6.07) is 6.25. The van der Waals surface area contributed by atoms with Crippen LogP contribution in [0.5, 0.6) is 0 Å². The number of hydrogen-bond acceptors (Lipinski definition) is 4. The summed E-state index contributed by atoms with van der Waals surface area (Å²) in [7, 11) is -3.48. The fraction of sp³-hybridized carbons (Fsp3) is 0.500. The number of carbonyl (C=O) groups is 1. The predicted molar refractivity (Wildman–Crippen MR) is 79.4 cm³/mol. The van der Waals surface area contributed by atoms with Crippen molar-refractivity contribution < 1.29 is 13.2 Å². The maximum Gasteiger partial charge on any atom is 0.252 e. The summed E-state index contributed by atoms with van der Waals surface area (Å²) >= 11 is 0. The fourth-order valence-electron chi connectivity index (χ4n) is 1.66. The molecule has 0 saturated heterocycles. The zero-order chi connectivity index (χ0) is 15.3. The molecule has 6 heteroatoms. The van der Waals surface area contributed by atoms with Crippen LogP contribution < -0.4 is 11.1 Å². The van der Waals surface area contributed by atoms with Gasteiger partial charge in [0.2, 0.25) is 0 Å². The van der Waals surface area contributed by atoms with E-state index < -0.39 is 15.1 Å². The van der Waals surface area contributed by atoms with Crippen molar-refractivity contribution in [2.24, 2.45) is 5.73 Å². The van der Waals surface area contributed by atoms with Crippen molar-refractivity contribution in [1.82, 2.24) is 5.32 Å². The van der Waals surface area contributed by atoms with Gasteiger partial charge in [-0.25, -0.2) is 8.42 Å². The SMILES string of the molecule is CC(N)CCNC(=O)c1ccccc1S(=O)(=O)C(C)C. The van der Waals surface area contributed by atoms with E-state index in [1.54, 1.807) is 26.0 Å². The van der Waals surface area contributed by atoms with Crippen LogP contribution in [0.15, 0.2) is 29.2 Å². The first-order valence-corrected chi connectivity index (χ1v) is 8.18. The second kappa shape index (κ2) is 6.85. The molecular formula is C14H22N2O3S. The van der Waals surface area contributed by atoms with Crippen molar-refractivity contribution in [3.63, 3.8) is 0 Å². The maximum absolute atomic E-state index is 12.2. The van der Waals surface area contributed by atoms with Gasteiger partial charge in [-0.15, -0.1) is 0 Å². The van der Waals surface area contributed by atoms with E-state index in [2.05, 4.69) is 5.32 Å². The number of amides is 1. The minimum Gasteiger partial charge on any atom is -0.352 e. The third kappa shape index (κ3) is 4.05. The van der Waals surface area contributed by atoms with Gasteiger partial charge in [-0.2, -0.15) is 0 Å². The molecule has 5 nitrogen and oxygen atoms in total. The topological polar surface area (TPSA) is 89.3 Å². The number of hydrogen-bond donors (Lipinski definition) is 2. The Morgan fingerprint density at radius 3 is 2.40 bits per heavy atom. The molecule has 20 heavy (non-hydrogen) atoms. The van der Waals surface area contributed by atoms with Crippen LogP contribution in [-0.2, 0) is 9.84 Å². The largest absolute Gasteiger partial charge is 0.352 e. The van der Waals surface area contributed by atoms with Gasteiger partial charge in [-0.1, -0.05) is 12.1 Å². The van der Waals surface area contributed by atoms with E-state index in [0.717, 1.165) is 0 Å². The molecule has 1 amide bonds. The molecule has 0 aromatic heterocycles. The van der Waals surface area contributed by atoms with E-state index in [1.807, 2.05) is 6.92 Å². The van der Waals surface area contributed by atoms with Crippen LogP contribution in [0.2, 0.25) is 0 Å². The maximum atomic E-state index is 12.2. The van der Waals surface area contributed by atoms with Crippen LogP contribution in [0.25, 0.3) is 0 Å². The van der Waals surface area contributed by atoms with Crippen LogP contribution in [0.4, 0.5) is 0 Å². The van der Waals surface area contributed by atoms with Crippen molar-refractivity contribution in [3.05, 3.63) is 29.8 Å². The monoisotopic (exact) mass is 298 g/mol. The molecule has 0 saturated carbocycles. The molecule has 0 radical (unpaired) electrons. The predicted octanol–water partition coefficient (Wildman–Crippen LogP) is 1.34. The second-order valence-corrected chi connectivity index (χ2v) is 7.58. The molecule has 0 bridgehead atoms. The molecule has 3 N–H and O–H groups in total. The first-order chi connectivity index (χ1) is 9.26. The molecule has 1 aromatic carbocycles. The number of benzene rings is 1. The normalized spacial score (nSPS) is 13.2. The highest BCUT2D eigenvalue weighted by Gasteiger charge is 2.24. The van der Waals surface area contributed by atoms with Gasteiger partial charge < -0.3 is 11.1 Å². The quantitative estimate of drug-likeness (QED) is 0.829. The minimum absolute atomic E-state index is 0.00931. The van der Waals surface area contributed by atoms with Gasteiger partial charge in [0, 0.05) is 12.6 Å². The first-order valence-electron chi connectivity index (χ1n) is 6.63. The van der Waals surface area contributed by atoms with Gasteiger partial charge in [0.1, 0.15) is 0 Å². The standard InChI is InChI=1S/C14H22N2O3S/c1-10(2)20(18,19)13-7-5-4-6-12(13)14(17)16-9-8-11(3)15/h4-7,10-11H,8-9,15H2,1-3H3,(H,16,17). The Morgan fingerprint density at radius 2 is 1.85 bits per heavy atom. The molecule has 1 rings (SSSR count). The third-order valence-corrected chi connectivity index (χ3v) is 5.15. The lowest BCUT2D eigenvalue weighted by Crippen LogP contribution is -2.30. The van der Waals surface area contributed by atoms with Crippen LogP contribution in [0, 0.1) is 0 Å². The highest BCUT2D eigenvalue weighted by Crippen LogP contribution is 2.20. The zero-order valence-corrected chi connectivity index (χ0v) is 12.9. The van der Waals surface area contributed by atoms with Crippen molar-refractivity contribution in [2.75, 3.05) is 6.54 Å². The van der Waals surface area contributed by atoms with E-state index in [4.69, 9.17) is 5.73 Å². The molecule has 112 valence electrons. The fourth-order valence-corrected chi connectivity index (χ4v) is 2.91. The van der Waals surface area contributed by atoms with Crippen molar-refractivity contribution in [2.45, 2.75) is 43.4 Å².